The highest BCUT2D eigenvalue weighted by Crippen LogP contribution is 2.30. The van der Waals surface area contributed by atoms with Gasteiger partial charge in [-0.1, -0.05) is 24.2 Å². The maximum Gasteiger partial charge on any atom is 0.254 e. The average molecular weight is 387 g/mol. The van der Waals surface area contributed by atoms with E-state index in [2.05, 4.69) is 10.2 Å². The molecule has 3 fully saturated rings. The number of fused-ring (bicyclic) bond motifs is 1. The number of thiazole rings is 1. The van der Waals surface area contributed by atoms with Crippen LogP contribution in [0.3, 0.4) is 0 Å². The molecule has 0 spiro atoms. The normalized spacial score (nSPS) is 22.3. The minimum atomic E-state index is 0.139. The molecule has 0 atom stereocenters. The highest BCUT2D eigenvalue weighted by molar-refractivity contribution is 7.22. The van der Waals surface area contributed by atoms with Crippen LogP contribution in [0, 0.1) is 0 Å². The Hall–Kier alpha value is -1.70. The Kier molecular flexibility index (Phi) is 4.75. The molecular weight excluding hydrogens is 360 g/mol. The van der Waals surface area contributed by atoms with E-state index >= 15 is 0 Å². The van der Waals surface area contributed by atoms with Crippen molar-refractivity contribution in [3.8, 4) is 0 Å². The van der Waals surface area contributed by atoms with E-state index in [0.717, 1.165) is 60.3 Å². The summed E-state index contributed by atoms with van der Waals surface area (Å²) in [5.41, 5.74) is 1.76. The number of rotatable bonds is 4. The lowest BCUT2D eigenvalue weighted by atomic mass is 10.0. The van der Waals surface area contributed by atoms with Gasteiger partial charge in [0.1, 0.15) is 0 Å². The fourth-order valence-corrected chi connectivity index (χ4v) is 5.32. The number of hydrogen-bond donors (Lipinski definition) is 1. The lowest BCUT2D eigenvalue weighted by molar-refractivity contribution is -0.0256. The van der Waals surface area contributed by atoms with Gasteiger partial charge in [0.15, 0.2) is 5.13 Å². The second-order valence-corrected chi connectivity index (χ2v) is 8.87. The summed E-state index contributed by atoms with van der Waals surface area (Å²) in [6.07, 6.45) is 5.09. The molecule has 0 bridgehead atoms. The average Bonchev–Trinajstić information content (AvgIpc) is 3.30. The Morgan fingerprint density at radius 1 is 1.19 bits per heavy atom. The van der Waals surface area contributed by atoms with E-state index < -0.39 is 0 Å². The van der Waals surface area contributed by atoms with Gasteiger partial charge in [-0.3, -0.25) is 9.69 Å². The van der Waals surface area contributed by atoms with Gasteiger partial charge in [0, 0.05) is 43.8 Å². The number of amides is 1. The lowest BCUT2D eigenvalue weighted by Crippen LogP contribution is -2.62. The van der Waals surface area contributed by atoms with Gasteiger partial charge in [-0.05, 0) is 31.0 Å². The number of nitrogens with one attached hydrogen (secondary N) is 1. The van der Waals surface area contributed by atoms with Crippen molar-refractivity contribution in [3.05, 3.63) is 23.8 Å². The maximum absolute atomic E-state index is 12.8. The van der Waals surface area contributed by atoms with E-state index in [1.54, 1.807) is 11.3 Å². The second-order valence-electron chi connectivity index (χ2n) is 7.84. The summed E-state index contributed by atoms with van der Waals surface area (Å²) in [5.74, 6) is 0.139. The smallest absolute Gasteiger partial charge is 0.254 e. The highest BCUT2D eigenvalue weighted by atomic mass is 32.1. The van der Waals surface area contributed by atoms with Crippen molar-refractivity contribution in [2.24, 2.45) is 0 Å². The van der Waals surface area contributed by atoms with Crippen LogP contribution in [0.5, 0.6) is 0 Å². The molecule has 3 heterocycles. The van der Waals surface area contributed by atoms with Gasteiger partial charge in [0.05, 0.1) is 23.4 Å². The fourth-order valence-electron chi connectivity index (χ4n) is 4.34. The van der Waals surface area contributed by atoms with Crippen LogP contribution in [0.4, 0.5) is 5.13 Å². The molecule has 1 aromatic heterocycles. The quantitative estimate of drug-likeness (QED) is 0.876. The summed E-state index contributed by atoms with van der Waals surface area (Å²) in [7, 11) is 0. The largest absolute Gasteiger partial charge is 0.379 e. The van der Waals surface area contributed by atoms with E-state index in [0.29, 0.717) is 12.1 Å². The van der Waals surface area contributed by atoms with Gasteiger partial charge in [0.25, 0.3) is 5.91 Å². The molecular formula is C20H26N4O2S. The Morgan fingerprint density at radius 2 is 1.96 bits per heavy atom. The number of hydrogen-bond acceptors (Lipinski definition) is 6. The molecule has 7 heteroatoms. The van der Waals surface area contributed by atoms with Crippen LogP contribution < -0.4 is 5.32 Å². The van der Waals surface area contributed by atoms with Gasteiger partial charge < -0.3 is 15.0 Å². The molecule has 3 aliphatic rings. The van der Waals surface area contributed by atoms with Crippen LogP contribution in [0.2, 0.25) is 0 Å². The molecule has 1 saturated carbocycles. The zero-order valence-electron chi connectivity index (χ0n) is 15.5. The monoisotopic (exact) mass is 386 g/mol. The standard InChI is InChI=1S/C20H26N4O2S/c25-19(24-12-16(13-24)23-7-9-26-10-8-23)14-5-6-17-18(11-14)27-20(22-17)21-15-3-1-2-4-15/h5-6,11,15-16H,1-4,7-10,12-13H2,(H,21,22). The van der Waals surface area contributed by atoms with E-state index in [4.69, 9.17) is 9.72 Å². The first-order valence-electron chi connectivity index (χ1n) is 10.0. The summed E-state index contributed by atoms with van der Waals surface area (Å²) < 4.78 is 6.50. The van der Waals surface area contributed by atoms with Crippen molar-refractivity contribution in [3.63, 3.8) is 0 Å². The molecule has 144 valence electrons. The Morgan fingerprint density at radius 3 is 2.74 bits per heavy atom. The van der Waals surface area contributed by atoms with Crippen LogP contribution in [-0.4, -0.2) is 72.2 Å². The molecule has 1 N–H and O–H groups in total. The molecule has 27 heavy (non-hydrogen) atoms. The molecule has 1 aromatic carbocycles. The number of benzene rings is 1. The van der Waals surface area contributed by atoms with Gasteiger partial charge in [-0.15, -0.1) is 0 Å². The number of aromatic nitrogens is 1. The van der Waals surface area contributed by atoms with Crippen molar-refractivity contribution in [1.82, 2.24) is 14.8 Å². The minimum Gasteiger partial charge on any atom is -0.379 e. The molecule has 2 aromatic rings. The van der Waals surface area contributed by atoms with Crippen LogP contribution in [-0.2, 0) is 4.74 Å². The number of ether oxygens (including phenoxy) is 1. The molecule has 6 nitrogen and oxygen atoms in total. The van der Waals surface area contributed by atoms with Crippen LogP contribution in [0.25, 0.3) is 10.2 Å². The fraction of sp³-hybridized carbons (Fsp3) is 0.600. The number of likely N-dealkylation sites (tertiary alicyclic amines) is 1. The zero-order valence-corrected chi connectivity index (χ0v) is 16.3. The maximum atomic E-state index is 12.8. The highest BCUT2D eigenvalue weighted by Gasteiger charge is 2.35. The number of nitrogens with zero attached hydrogens (tertiary/aromatic N) is 3. The van der Waals surface area contributed by atoms with Gasteiger partial charge in [-0.2, -0.15) is 0 Å². The molecule has 0 radical (unpaired) electrons. The van der Waals surface area contributed by atoms with E-state index in [1.807, 2.05) is 23.1 Å². The van der Waals surface area contributed by atoms with E-state index in [1.165, 1.54) is 25.7 Å². The number of morpholine rings is 1. The first-order chi connectivity index (χ1) is 13.3. The molecule has 2 aliphatic heterocycles. The van der Waals surface area contributed by atoms with Crippen LogP contribution >= 0.6 is 11.3 Å². The van der Waals surface area contributed by atoms with Crippen molar-refractivity contribution in [1.29, 1.82) is 0 Å². The molecule has 1 amide bonds. The van der Waals surface area contributed by atoms with E-state index in [-0.39, 0.29) is 5.91 Å². The summed E-state index contributed by atoms with van der Waals surface area (Å²) in [4.78, 5) is 21.9. The first kappa shape index (κ1) is 17.4. The summed E-state index contributed by atoms with van der Waals surface area (Å²) in [6.45, 7) is 5.24. The zero-order chi connectivity index (χ0) is 18.2. The van der Waals surface area contributed by atoms with Crippen molar-refractivity contribution in [2.75, 3.05) is 44.7 Å². The second kappa shape index (κ2) is 7.37. The Labute approximate surface area is 163 Å². The molecule has 1 aliphatic carbocycles. The van der Waals surface area contributed by atoms with Crippen molar-refractivity contribution < 1.29 is 9.53 Å². The third-order valence-electron chi connectivity index (χ3n) is 6.03. The van der Waals surface area contributed by atoms with Crippen molar-refractivity contribution in [2.45, 2.75) is 37.8 Å². The van der Waals surface area contributed by atoms with Crippen molar-refractivity contribution >= 4 is 32.6 Å². The summed E-state index contributed by atoms with van der Waals surface area (Å²) in [5, 5.41) is 4.55. The summed E-state index contributed by atoms with van der Waals surface area (Å²) in [6, 6.07) is 6.97. The minimum absolute atomic E-state index is 0.139. The van der Waals surface area contributed by atoms with Gasteiger partial charge in [-0.25, -0.2) is 4.98 Å². The number of carbonyl (C=O) groups excluding carboxylic acids is 1. The SMILES string of the molecule is O=C(c1ccc2nc(NC3CCCC3)sc2c1)N1CC(N2CCOCC2)C1. The third kappa shape index (κ3) is 3.56. The molecule has 2 saturated heterocycles. The summed E-state index contributed by atoms with van der Waals surface area (Å²) >= 11 is 1.66. The van der Waals surface area contributed by atoms with Gasteiger partial charge in [0.2, 0.25) is 0 Å². The Balaban J connectivity index is 1.24. The number of carbonyl (C=O) groups is 1. The topological polar surface area (TPSA) is 57.7 Å². The van der Waals surface area contributed by atoms with E-state index in [9.17, 15) is 4.79 Å². The third-order valence-corrected chi connectivity index (χ3v) is 6.98. The van der Waals surface area contributed by atoms with Crippen LogP contribution in [0.15, 0.2) is 18.2 Å². The predicted molar refractivity (Wildman–Crippen MR) is 108 cm³/mol. The van der Waals surface area contributed by atoms with Crippen LogP contribution in [0.1, 0.15) is 36.0 Å². The number of anilines is 1. The predicted octanol–water partition coefficient (Wildman–Crippen LogP) is 2.81. The lowest BCUT2D eigenvalue weighted by Gasteiger charge is -2.46. The van der Waals surface area contributed by atoms with Gasteiger partial charge >= 0.3 is 0 Å². The molecule has 0 unspecified atom stereocenters. The first-order valence-corrected chi connectivity index (χ1v) is 10.9. The molecule has 5 rings (SSSR count). The Bertz CT molecular complexity index is 820.